The SMILES string of the molecule is Cc1c(C(C=O)C2CC2)ncc(F)c1Cl. The molecule has 1 aromatic rings. The van der Waals surface area contributed by atoms with Gasteiger partial charge in [-0.15, -0.1) is 0 Å². The molecule has 1 atom stereocenters. The van der Waals surface area contributed by atoms with Crippen molar-refractivity contribution in [1.29, 1.82) is 0 Å². The Bertz CT molecular complexity index is 404. The van der Waals surface area contributed by atoms with Gasteiger partial charge in [0, 0.05) is 0 Å². The number of rotatable bonds is 3. The maximum Gasteiger partial charge on any atom is 0.160 e. The number of hydrogen-bond acceptors (Lipinski definition) is 2. The van der Waals surface area contributed by atoms with E-state index in [1.807, 2.05) is 0 Å². The number of halogens is 2. The van der Waals surface area contributed by atoms with Gasteiger partial charge in [-0.1, -0.05) is 11.6 Å². The van der Waals surface area contributed by atoms with Crippen LogP contribution in [-0.4, -0.2) is 11.3 Å². The van der Waals surface area contributed by atoms with Gasteiger partial charge in [-0.05, 0) is 31.2 Å². The molecule has 1 heterocycles. The van der Waals surface area contributed by atoms with Crippen molar-refractivity contribution in [1.82, 2.24) is 4.98 Å². The Hall–Kier alpha value is -0.960. The van der Waals surface area contributed by atoms with Crippen molar-refractivity contribution < 1.29 is 9.18 Å². The second-order valence-electron chi connectivity index (χ2n) is 3.93. The molecule has 15 heavy (non-hydrogen) atoms. The first kappa shape index (κ1) is 10.6. The maximum atomic E-state index is 13.1. The zero-order valence-corrected chi connectivity index (χ0v) is 9.09. The second kappa shape index (κ2) is 3.89. The molecule has 80 valence electrons. The molecule has 1 aromatic heterocycles. The predicted molar refractivity (Wildman–Crippen MR) is 55.5 cm³/mol. The molecular weight excluding hydrogens is 217 g/mol. The Labute approximate surface area is 92.5 Å². The average molecular weight is 228 g/mol. The summed E-state index contributed by atoms with van der Waals surface area (Å²) in [4.78, 5) is 14.9. The summed E-state index contributed by atoms with van der Waals surface area (Å²) in [5.74, 6) is -0.378. The molecule has 0 aromatic carbocycles. The largest absolute Gasteiger partial charge is 0.303 e. The smallest absolute Gasteiger partial charge is 0.160 e. The van der Waals surface area contributed by atoms with Gasteiger partial charge < -0.3 is 4.79 Å². The predicted octanol–water partition coefficient (Wildman–Crippen LogP) is 2.88. The van der Waals surface area contributed by atoms with Gasteiger partial charge >= 0.3 is 0 Å². The Morgan fingerprint density at radius 1 is 1.67 bits per heavy atom. The standard InChI is InChI=1S/C11H11ClFNO/c1-6-10(12)9(13)4-14-11(6)8(5-15)7-2-3-7/h4-5,7-8H,2-3H2,1H3. The highest BCUT2D eigenvalue weighted by Crippen LogP contribution is 2.42. The molecule has 0 saturated heterocycles. The molecule has 0 aliphatic heterocycles. The number of aromatic nitrogens is 1. The zero-order valence-electron chi connectivity index (χ0n) is 8.34. The van der Waals surface area contributed by atoms with Crippen LogP contribution in [-0.2, 0) is 4.79 Å². The third-order valence-electron chi connectivity index (χ3n) is 2.83. The zero-order chi connectivity index (χ0) is 11.0. The fourth-order valence-electron chi connectivity index (χ4n) is 1.76. The summed E-state index contributed by atoms with van der Waals surface area (Å²) in [6.07, 6.45) is 4.06. The van der Waals surface area contributed by atoms with Crippen LogP contribution < -0.4 is 0 Å². The lowest BCUT2D eigenvalue weighted by Crippen LogP contribution is -2.08. The quantitative estimate of drug-likeness (QED) is 0.744. The molecular formula is C11H11ClFNO. The summed E-state index contributed by atoms with van der Waals surface area (Å²) < 4.78 is 13.1. The van der Waals surface area contributed by atoms with Crippen LogP contribution >= 0.6 is 11.6 Å². The Balaban J connectivity index is 2.42. The van der Waals surface area contributed by atoms with Crippen LogP contribution in [0.5, 0.6) is 0 Å². The van der Waals surface area contributed by atoms with Crippen molar-refractivity contribution in [3.05, 3.63) is 28.3 Å². The van der Waals surface area contributed by atoms with Crippen LogP contribution in [0.4, 0.5) is 4.39 Å². The lowest BCUT2D eigenvalue weighted by molar-refractivity contribution is -0.109. The van der Waals surface area contributed by atoms with Crippen LogP contribution in [0.1, 0.15) is 30.0 Å². The van der Waals surface area contributed by atoms with E-state index in [-0.39, 0.29) is 10.9 Å². The monoisotopic (exact) mass is 227 g/mol. The number of nitrogens with zero attached hydrogens (tertiary/aromatic N) is 1. The molecule has 2 rings (SSSR count). The van der Waals surface area contributed by atoms with Crippen LogP contribution in [0.2, 0.25) is 5.02 Å². The van der Waals surface area contributed by atoms with E-state index in [0.29, 0.717) is 17.2 Å². The summed E-state index contributed by atoms with van der Waals surface area (Å²) >= 11 is 5.78. The minimum atomic E-state index is -0.529. The summed E-state index contributed by atoms with van der Waals surface area (Å²) in [5.41, 5.74) is 1.21. The topological polar surface area (TPSA) is 30.0 Å². The molecule has 1 unspecified atom stereocenters. The average Bonchev–Trinajstić information content (AvgIpc) is 3.03. The third-order valence-corrected chi connectivity index (χ3v) is 3.30. The first-order chi connectivity index (χ1) is 7.15. The summed E-state index contributed by atoms with van der Waals surface area (Å²) in [5, 5.41) is 0.0764. The fraction of sp³-hybridized carbons (Fsp3) is 0.455. The summed E-state index contributed by atoms with van der Waals surface area (Å²) in [6.45, 7) is 1.70. The van der Waals surface area contributed by atoms with Gasteiger partial charge in [-0.2, -0.15) is 0 Å². The van der Waals surface area contributed by atoms with Crippen molar-refractivity contribution >= 4 is 17.9 Å². The lowest BCUT2D eigenvalue weighted by atomic mass is 9.97. The highest BCUT2D eigenvalue weighted by atomic mass is 35.5. The molecule has 0 amide bonds. The van der Waals surface area contributed by atoms with Gasteiger partial charge in [-0.3, -0.25) is 4.98 Å². The molecule has 1 saturated carbocycles. The van der Waals surface area contributed by atoms with Gasteiger partial charge in [-0.25, -0.2) is 4.39 Å². The summed E-state index contributed by atoms with van der Waals surface area (Å²) in [7, 11) is 0. The van der Waals surface area contributed by atoms with Crippen LogP contribution in [0.15, 0.2) is 6.20 Å². The Morgan fingerprint density at radius 3 is 2.87 bits per heavy atom. The van der Waals surface area contributed by atoms with Gasteiger partial charge in [0.25, 0.3) is 0 Å². The summed E-state index contributed by atoms with van der Waals surface area (Å²) in [6, 6.07) is 0. The van der Waals surface area contributed by atoms with E-state index in [0.717, 1.165) is 25.3 Å². The minimum absolute atomic E-state index is 0.0764. The van der Waals surface area contributed by atoms with Crippen LogP contribution in [0.25, 0.3) is 0 Å². The normalized spacial score (nSPS) is 17.5. The van der Waals surface area contributed by atoms with Gasteiger partial charge in [0.15, 0.2) is 5.82 Å². The van der Waals surface area contributed by atoms with E-state index in [1.54, 1.807) is 6.92 Å². The van der Waals surface area contributed by atoms with Crippen molar-refractivity contribution in [2.45, 2.75) is 25.7 Å². The second-order valence-corrected chi connectivity index (χ2v) is 4.31. The fourth-order valence-corrected chi connectivity index (χ4v) is 1.91. The van der Waals surface area contributed by atoms with E-state index in [4.69, 9.17) is 11.6 Å². The van der Waals surface area contributed by atoms with Crippen molar-refractivity contribution in [3.63, 3.8) is 0 Å². The lowest BCUT2D eigenvalue weighted by Gasteiger charge is -2.12. The number of hydrogen-bond donors (Lipinski definition) is 0. The molecule has 0 bridgehead atoms. The molecule has 0 N–H and O–H groups in total. The van der Waals surface area contributed by atoms with Gasteiger partial charge in [0.05, 0.1) is 22.8 Å². The van der Waals surface area contributed by atoms with Crippen LogP contribution in [0.3, 0.4) is 0 Å². The van der Waals surface area contributed by atoms with Crippen molar-refractivity contribution in [2.24, 2.45) is 5.92 Å². The Morgan fingerprint density at radius 2 is 2.33 bits per heavy atom. The molecule has 2 nitrogen and oxygen atoms in total. The molecule has 0 radical (unpaired) electrons. The van der Waals surface area contributed by atoms with Crippen molar-refractivity contribution in [3.8, 4) is 0 Å². The van der Waals surface area contributed by atoms with E-state index < -0.39 is 5.82 Å². The highest BCUT2D eigenvalue weighted by molar-refractivity contribution is 6.31. The van der Waals surface area contributed by atoms with E-state index in [1.165, 1.54) is 0 Å². The Kier molecular flexibility index (Phi) is 2.74. The minimum Gasteiger partial charge on any atom is -0.303 e. The van der Waals surface area contributed by atoms with E-state index >= 15 is 0 Å². The highest BCUT2D eigenvalue weighted by Gasteiger charge is 2.34. The molecule has 1 fully saturated rings. The number of carbonyl (C=O) groups excluding carboxylic acids is 1. The van der Waals surface area contributed by atoms with Crippen molar-refractivity contribution in [2.75, 3.05) is 0 Å². The van der Waals surface area contributed by atoms with Crippen LogP contribution in [0, 0.1) is 18.7 Å². The number of aldehydes is 1. The molecule has 1 aliphatic carbocycles. The first-order valence-corrected chi connectivity index (χ1v) is 5.28. The number of carbonyl (C=O) groups is 1. The molecule has 4 heteroatoms. The van der Waals surface area contributed by atoms with E-state index in [9.17, 15) is 9.18 Å². The van der Waals surface area contributed by atoms with E-state index in [2.05, 4.69) is 4.98 Å². The number of pyridine rings is 1. The first-order valence-electron chi connectivity index (χ1n) is 4.91. The third kappa shape index (κ3) is 1.88. The molecule has 0 spiro atoms. The maximum absolute atomic E-state index is 13.1. The van der Waals surface area contributed by atoms with Gasteiger partial charge in [0.1, 0.15) is 6.29 Å². The molecule has 1 aliphatic rings. The van der Waals surface area contributed by atoms with Gasteiger partial charge in [0.2, 0.25) is 0 Å².